The molecule has 0 atom stereocenters. The van der Waals surface area contributed by atoms with E-state index in [1.807, 2.05) is 0 Å². The van der Waals surface area contributed by atoms with Crippen molar-refractivity contribution in [3.63, 3.8) is 0 Å². The van der Waals surface area contributed by atoms with E-state index < -0.39 is 17.9 Å². The van der Waals surface area contributed by atoms with Gasteiger partial charge >= 0.3 is 26.2 Å². The summed E-state index contributed by atoms with van der Waals surface area (Å²) < 4.78 is 0. The molecule has 0 heterocycles. The van der Waals surface area contributed by atoms with Gasteiger partial charge in [0.25, 0.3) is 0 Å². The van der Waals surface area contributed by atoms with Crippen LogP contribution in [-0.4, -0.2) is 44.1 Å². The minimum Gasteiger partial charge on any atom is -0.545 e. The van der Waals surface area contributed by atoms with Crippen LogP contribution in [-0.2, 0) is 14.4 Å². The normalized spacial score (nSPS) is 11.1. The van der Waals surface area contributed by atoms with Crippen LogP contribution in [0.2, 0.25) is 0 Å². The van der Waals surface area contributed by atoms with Gasteiger partial charge in [0, 0.05) is 0 Å². The van der Waals surface area contributed by atoms with Crippen molar-refractivity contribution in [2.75, 3.05) is 0 Å². The summed E-state index contributed by atoms with van der Waals surface area (Å²) in [7, 11) is 0. The van der Waals surface area contributed by atoms with E-state index in [9.17, 15) is 29.7 Å². The van der Waals surface area contributed by atoms with Crippen molar-refractivity contribution in [3.05, 3.63) is 36.5 Å². The van der Waals surface area contributed by atoms with Crippen molar-refractivity contribution in [1.82, 2.24) is 0 Å². The first-order valence-electron chi connectivity index (χ1n) is 25.9. The van der Waals surface area contributed by atoms with Gasteiger partial charge in [-0.15, -0.1) is 0 Å². The van der Waals surface area contributed by atoms with Gasteiger partial charge in [0.1, 0.15) is 0 Å². The molecule has 2 radical (unpaired) electrons. The van der Waals surface area contributed by atoms with Crippen LogP contribution in [0.5, 0.6) is 0 Å². The molecule has 356 valence electrons. The van der Waals surface area contributed by atoms with Crippen LogP contribution < -0.4 is 15.3 Å². The molecule has 0 saturated heterocycles. The third-order valence-corrected chi connectivity index (χ3v) is 11.2. The maximum absolute atomic E-state index is 10.1. The number of carboxylic acids is 3. The third-order valence-electron chi connectivity index (χ3n) is 11.2. The first-order valence-corrected chi connectivity index (χ1v) is 25.9. The summed E-state index contributed by atoms with van der Waals surface area (Å²) in [4.78, 5) is 30.4. The Balaban J connectivity index is -0.000000396. The Kier molecular flexibility index (Phi) is 68.1. The molecule has 6 nitrogen and oxygen atoms in total. The predicted octanol–water partition coefficient (Wildman–Crippen LogP) is 13.9. The molecule has 0 aromatic rings. The molecule has 0 unspecified atom stereocenters. The Morgan fingerprint density at radius 1 is 0.262 bits per heavy atom. The summed E-state index contributed by atoms with van der Waals surface area (Å²) in [5.74, 6) is -3.25. The van der Waals surface area contributed by atoms with Gasteiger partial charge in [-0.1, -0.05) is 270 Å². The maximum atomic E-state index is 10.1. The van der Waals surface area contributed by atoms with E-state index in [2.05, 4.69) is 20.8 Å². The standard InChI is InChI=1S/3C18H34O2.Bi/c3*1-2-3-4-5-6-7-8-9-10-11-12-13-14-15-16-17-18(19)20;/h3*16-17H,2-15H2,1H3,(H,19,20);/q;;;+3/p-3. The molecule has 0 N–H and O–H groups in total. The van der Waals surface area contributed by atoms with Crippen LogP contribution >= 0.6 is 0 Å². The molecule has 0 aliphatic rings. The predicted molar refractivity (Wildman–Crippen MR) is 259 cm³/mol. The van der Waals surface area contributed by atoms with Crippen molar-refractivity contribution in [2.24, 2.45) is 0 Å². The van der Waals surface area contributed by atoms with Gasteiger partial charge in [-0.05, 0) is 56.8 Å². The topological polar surface area (TPSA) is 120 Å². The fourth-order valence-corrected chi connectivity index (χ4v) is 7.38. The van der Waals surface area contributed by atoms with E-state index in [-0.39, 0.29) is 26.2 Å². The van der Waals surface area contributed by atoms with E-state index in [1.165, 1.54) is 231 Å². The number of aliphatic carboxylic acids is 3. The first kappa shape index (κ1) is 66.1. The van der Waals surface area contributed by atoms with Gasteiger partial charge in [-0.2, -0.15) is 0 Å². The number of carboxylic acid groups (broad SMARTS) is 3. The average Bonchev–Trinajstić information content (AvgIpc) is 3.22. The Bertz CT molecular complexity index is 827. The van der Waals surface area contributed by atoms with Crippen LogP contribution in [0.25, 0.3) is 0 Å². The molecule has 0 bridgehead atoms. The third kappa shape index (κ3) is 76.2. The van der Waals surface area contributed by atoms with Crippen LogP contribution in [0.4, 0.5) is 0 Å². The fraction of sp³-hybridized carbons (Fsp3) is 0.833. The zero-order chi connectivity index (χ0) is 44.7. The van der Waals surface area contributed by atoms with Gasteiger partial charge in [0.2, 0.25) is 0 Å². The minimum atomic E-state index is -1.08. The second-order valence-corrected chi connectivity index (χ2v) is 17.3. The zero-order valence-electron chi connectivity index (χ0n) is 40.6. The molecule has 0 fully saturated rings. The Hall–Kier alpha value is -1.49. The second-order valence-electron chi connectivity index (χ2n) is 17.3. The second kappa shape index (κ2) is 62.8. The van der Waals surface area contributed by atoms with Crippen molar-refractivity contribution < 1.29 is 29.7 Å². The van der Waals surface area contributed by atoms with E-state index in [4.69, 9.17) is 0 Å². The molecule has 0 rings (SSSR count). The zero-order valence-corrected chi connectivity index (χ0v) is 44.0. The van der Waals surface area contributed by atoms with Crippen LogP contribution in [0, 0.1) is 0 Å². The molecule has 0 amide bonds. The fourth-order valence-electron chi connectivity index (χ4n) is 7.38. The van der Waals surface area contributed by atoms with Gasteiger partial charge in [0.15, 0.2) is 0 Å². The number of carbonyl (C=O) groups excluding carboxylic acids is 3. The molecular weight excluding hydrogens is 954 g/mol. The van der Waals surface area contributed by atoms with Gasteiger partial charge < -0.3 is 29.7 Å². The smallest absolute Gasteiger partial charge is 0.545 e. The molecule has 0 spiro atoms. The van der Waals surface area contributed by atoms with Crippen LogP contribution in [0.3, 0.4) is 0 Å². The summed E-state index contributed by atoms with van der Waals surface area (Å²) in [5.41, 5.74) is 0. The number of hydrogen-bond acceptors (Lipinski definition) is 6. The summed E-state index contributed by atoms with van der Waals surface area (Å²) >= 11 is 0. The number of rotatable bonds is 45. The molecular formula is C54H99BiO6. The maximum Gasteiger partial charge on any atom is 3.00 e. The van der Waals surface area contributed by atoms with Gasteiger partial charge in [-0.3, -0.25) is 0 Å². The Labute approximate surface area is 398 Å². The van der Waals surface area contributed by atoms with Crippen molar-refractivity contribution in [2.45, 2.75) is 290 Å². The monoisotopic (exact) mass is 1050 g/mol. The number of carbonyl (C=O) groups is 3. The number of hydrogen-bond donors (Lipinski definition) is 0. The molecule has 0 aliphatic heterocycles. The van der Waals surface area contributed by atoms with E-state index in [1.54, 1.807) is 18.2 Å². The summed E-state index contributed by atoms with van der Waals surface area (Å²) in [5, 5.41) is 30.4. The summed E-state index contributed by atoms with van der Waals surface area (Å²) in [6.07, 6.45) is 63.6. The van der Waals surface area contributed by atoms with Crippen molar-refractivity contribution in [3.8, 4) is 0 Å². The molecule has 0 aromatic heterocycles. The SMILES string of the molecule is CCCCCCCCCCCCCCCC=CC(=O)[O-].CCCCCCCCCCCCCCCC=CC(=O)[O-].CCCCCCCCCCCCCCCC=CC(=O)[O-].[Bi+3]. The molecule has 7 heteroatoms. The Morgan fingerprint density at radius 2 is 0.393 bits per heavy atom. The number of unbranched alkanes of at least 4 members (excludes halogenated alkanes) is 39. The Morgan fingerprint density at radius 3 is 0.525 bits per heavy atom. The number of allylic oxidation sites excluding steroid dienone is 3. The summed E-state index contributed by atoms with van der Waals surface area (Å²) in [6.45, 7) is 6.79. The largest absolute Gasteiger partial charge is 3.00 e. The average molecular weight is 1050 g/mol. The molecule has 0 aromatic carbocycles. The minimum absolute atomic E-state index is 0. The van der Waals surface area contributed by atoms with Gasteiger partial charge in [0.05, 0.1) is 17.9 Å². The van der Waals surface area contributed by atoms with Crippen molar-refractivity contribution >= 4 is 44.1 Å². The van der Waals surface area contributed by atoms with Crippen LogP contribution in [0.15, 0.2) is 36.5 Å². The van der Waals surface area contributed by atoms with E-state index >= 15 is 0 Å². The van der Waals surface area contributed by atoms with Gasteiger partial charge in [-0.25, -0.2) is 0 Å². The first-order chi connectivity index (χ1) is 29.3. The molecule has 61 heavy (non-hydrogen) atoms. The molecule has 0 saturated carbocycles. The van der Waals surface area contributed by atoms with E-state index in [0.29, 0.717) is 0 Å². The van der Waals surface area contributed by atoms with E-state index in [0.717, 1.165) is 56.8 Å². The molecule has 0 aliphatic carbocycles. The van der Waals surface area contributed by atoms with Crippen molar-refractivity contribution in [1.29, 1.82) is 0 Å². The van der Waals surface area contributed by atoms with Crippen LogP contribution in [0.1, 0.15) is 290 Å². The quantitative estimate of drug-likeness (QED) is 0.0340. The summed E-state index contributed by atoms with van der Waals surface area (Å²) in [6, 6.07) is 0.